The van der Waals surface area contributed by atoms with Gasteiger partial charge in [0, 0.05) is 11.8 Å². The normalized spacial score (nSPS) is 9.92. The van der Waals surface area contributed by atoms with Crippen LogP contribution in [0.3, 0.4) is 0 Å². The van der Waals surface area contributed by atoms with Crippen molar-refractivity contribution in [2.75, 3.05) is 19.0 Å². The van der Waals surface area contributed by atoms with Crippen molar-refractivity contribution >= 4 is 28.9 Å². The van der Waals surface area contributed by atoms with Crippen molar-refractivity contribution in [2.24, 2.45) is 0 Å². The second kappa shape index (κ2) is 8.88. The fraction of sp³-hybridized carbons (Fsp3) is 0.222. The number of hydrogen-bond acceptors (Lipinski definition) is 5. The zero-order valence-corrected chi connectivity index (χ0v) is 14.4. The molecular formula is C18H19NO4S. The first kappa shape index (κ1) is 17.7. The number of benzene rings is 2. The molecule has 0 atom stereocenters. The van der Waals surface area contributed by atoms with E-state index in [4.69, 9.17) is 26.4 Å². The van der Waals surface area contributed by atoms with Crippen LogP contribution in [0, 0.1) is 0 Å². The van der Waals surface area contributed by atoms with Gasteiger partial charge in [-0.3, -0.25) is 0 Å². The lowest BCUT2D eigenvalue weighted by atomic mass is 10.2. The predicted molar refractivity (Wildman–Crippen MR) is 96.6 cm³/mol. The molecule has 0 saturated carbocycles. The number of carbonyl (C=O) groups excluding carboxylic acids is 1. The van der Waals surface area contributed by atoms with Crippen molar-refractivity contribution in [1.82, 2.24) is 0 Å². The molecule has 0 aliphatic carbocycles. The Hall–Kier alpha value is -2.60. The van der Waals surface area contributed by atoms with Gasteiger partial charge >= 0.3 is 5.97 Å². The third-order valence-corrected chi connectivity index (χ3v) is 3.39. The molecule has 5 nitrogen and oxygen atoms in total. The number of hydrogen-bond donors (Lipinski definition) is 1. The molecule has 126 valence electrons. The van der Waals surface area contributed by atoms with Crippen LogP contribution in [0.4, 0.5) is 5.69 Å². The Balaban J connectivity index is 2.04. The second-order valence-electron chi connectivity index (χ2n) is 4.81. The first-order valence-electron chi connectivity index (χ1n) is 7.47. The van der Waals surface area contributed by atoms with Crippen LogP contribution in [-0.4, -0.2) is 24.7 Å². The minimum absolute atomic E-state index is 0.00291. The van der Waals surface area contributed by atoms with Gasteiger partial charge in [-0.05, 0) is 24.6 Å². The summed E-state index contributed by atoms with van der Waals surface area (Å²) in [6, 6.07) is 15.1. The van der Waals surface area contributed by atoms with E-state index < -0.39 is 5.97 Å². The quantitative estimate of drug-likeness (QED) is 0.638. The monoisotopic (exact) mass is 345 g/mol. The molecule has 0 amide bonds. The third kappa shape index (κ3) is 4.96. The molecule has 1 N–H and O–H groups in total. The van der Waals surface area contributed by atoms with E-state index in [1.165, 1.54) is 0 Å². The van der Waals surface area contributed by atoms with Crippen LogP contribution in [0.25, 0.3) is 0 Å². The molecule has 2 aromatic rings. The Labute approximate surface area is 146 Å². The number of methoxy groups -OCH3 is 1. The molecule has 0 saturated heterocycles. The van der Waals surface area contributed by atoms with Crippen molar-refractivity contribution in [2.45, 2.75) is 13.5 Å². The molecule has 0 radical (unpaired) electrons. The van der Waals surface area contributed by atoms with Gasteiger partial charge in [-0.1, -0.05) is 42.5 Å². The van der Waals surface area contributed by atoms with Gasteiger partial charge in [0.15, 0.2) is 16.5 Å². The van der Waals surface area contributed by atoms with Gasteiger partial charge < -0.3 is 19.5 Å². The summed E-state index contributed by atoms with van der Waals surface area (Å²) in [5, 5.41) is 2.82. The van der Waals surface area contributed by atoms with Crippen molar-refractivity contribution in [3.8, 4) is 11.5 Å². The Morgan fingerprint density at radius 3 is 2.54 bits per heavy atom. The summed E-state index contributed by atoms with van der Waals surface area (Å²) in [5.74, 6) is 0.590. The fourth-order valence-corrected chi connectivity index (χ4v) is 2.16. The van der Waals surface area contributed by atoms with E-state index in [0.29, 0.717) is 23.8 Å². The first-order chi connectivity index (χ1) is 11.6. The summed E-state index contributed by atoms with van der Waals surface area (Å²) < 4.78 is 16.0. The zero-order valence-electron chi connectivity index (χ0n) is 13.6. The SMILES string of the molecule is CCOC(=O)C(=S)Nc1ccc(OCc2ccccc2)c(OC)c1. The number of carbonyl (C=O) groups is 1. The lowest BCUT2D eigenvalue weighted by Crippen LogP contribution is -2.23. The average molecular weight is 345 g/mol. The average Bonchev–Trinajstić information content (AvgIpc) is 2.61. The summed E-state index contributed by atoms with van der Waals surface area (Å²) in [6.45, 7) is 2.43. The summed E-state index contributed by atoms with van der Waals surface area (Å²) in [6.07, 6.45) is 0. The molecule has 0 bridgehead atoms. The second-order valence-corrected chi connectivity index (χ2v) is 5.22. The van der Waals surface area contributed by atoms with Gasteiger partial charge in [-0.25, -0.2) is 4.79 Å². The molecule has 0 aromatic heterocycles. The van der Waals surface area contributed by atoms with Crippen molar-refractivity contribution < 1.29 is 19.0 Å². The summed E-state index contributed by atoms with van der Waals surface area (Å²) in [4.78, 5) is 11.5. The maximum absolute atomic E-state index is 11.5. The maximum atomic E-state index is 11.5. The fourth-order valence-electron chi connectivity index (χ4n) is 1.98. The van der Waals surface area contributed by atoms with Gasteiger partial charge in [-0.15, -0.1) is 0 Å². The highest BCUT2D eigenvalue weighted by molar-refractivity contribution is 7.82. The van der Waals surface area contributed by atoms with E-state index in [1.54, 1.807) is 32.2 Å². The molecule has 0 unspecified atom stereocenters. The van der Waals surface area contributed by atoms with E-state index in [1.807, 2.05) is 30.3 Å². The van der Waals surface area contributed by atoms with E-state index >= 15 is 0 Å². The highest BCUT2D eigenvalue weighted by Gasteiger charge is 2.12. The number of ether oxygens (including phenoxy) is 3. The van der Waals surface area contributed by atoms with Gasteiger partial charge in [0.25, 0.3) is 0 Å². The Kier molecular flexibility index (Phi) is 6.57. The molecule has 0 aliphatic heterocycles. The molecule has 0 aliphatic rings. The van der Waals surface area contributed by atoms with Gasteiger partial charge in [0.1, 0.15) is 6.61 Å². The number of thiocarbonyl (C=S) groups is 1. The molecule has 2 rings (SSSR count). The number of rotatable bonds is 6. The molecule has 24 heavy (non-hydrogen) atoms. The standard InChI is InChI=1S/C18H19NO4S/c1-3-22-18(20)17(24)19-14-9-10-15(16(11-14)21-2)23-12-13-7-5-4-6-8-13/h4-11H,3,12H2,1-2H3,(H,19,24). The summed E-state index contributed by atoms with van der Waals surface area (Å²) in [5.41, 5.74) is 1.68. The Morgan fingerprint density at radius 2 is 1.88 bits per heavy atom. The smallest absolute Gasteiger partial charge is 0.366 e. The van der Waals surface area contributed by atoms with Crippen molar-refractivity contribution in [1.29, 1.82) is 0 Å². The van der Waals surface area contributed by atoms with Crippen LogP contribution < -0.4 is 14.8 Å². The topological polar surface area (TPSA) is 56.8 Å². The predicted octanol–water partition coefficient (Wildman–Crippen LogP) is 3.58. The summed E-state index contributed by atoms with van der Waals surface area (Å²) >= 11 is 4.99. The van der Waals surface area contributed by atoms with E-state index in [2.05, 4.69) is 5.32 Å². The van der Waals surface area contributed by atoms with E-state index in [-0.39, 0.29) is 11.6 Å². The first-order valence-corrected chi connectivity index (χ1v) is 7.87. The number of esters is 1. The van der Waals surface area contributed by atoms with E-state index in [9.17, 15) is 4.79 Å². The minimum atomic E-state index is -0.559. The molecule has 2 aromatic carbocycles. The highest BCUT2D eigenvalue weighted by atomic mass is 32.1. The lowest BCUT2D eigenvalue weighted by Gasteiger charge is -2.13. The minimum Gasteiger partial charge on any atom is -0.493 e. The molecular weight excluding hydrogens is 326 g/mol. The van der Waals surface area contributed by atoms with Crippen LogP contribution in [0.2, 0.25) is 0 Å². The van der Waals surface area contributed by atoms with Crippen LogP contribution in [0.5, 0.6) is 11.5 Å². The van der Waals surface area contributed by atoms with Gasteiger partial charge in [0.05, 0.1) is 13.7 Å². The molecule has 0 heterocycles. The van der Waals surface area contributed by atoms with Crippen LogP contribution in [-0.2, 0) is 16.1 Å². The van der Waals surface area contributed by atoms with Crippen LogP contribution >= 0.6 is 12.2 Å². The summed E-state index contributed by atoms with van der Waals surface area (Å²) in [7, 11) is 1.55. The Morgan fingerprint density at radius 1 is 1.12 bits per heavy atom. The largest absolute Gasteiger partial charge is 0.493 e. The molecule has 6 heteroatoms. The van der Waals surface area contributed by atoms with Gasteiger partial charge in [0.2, 0.25) is 0 Å². The van der Waals surface area contributed by atoms with Crippen LogP contribution in [0.1, 0.15) is 12.5 Å². The lowest BCUT2D eigenvalue weighted by molar-refractivity contribution is -0.134. The van der Waals surface area contributed by atoms with Gasteiger partial charge in [-0.2, -0.15) is 0 Å². The van der Waals surface area contributed by atoms with E-state index in [0.717, 1.165) is 5.56 Å². The highest BCUT2D eigenvalue weighted by Crippen LogP contribution is 2.31. The molecule has 0 spiro atoms. The van der Waals surface area contributed by atoms with Crippen molar-refractivity contribution in [3.05, 3.63) is 54.1 Å². The molecule has 0 fully saturated rings. The zero-order chi connectivity index (χ0) is 17.4. The number of anilines is 1. The van der Waals surface area contributed by atoms with Crippen LogP contribution in [0.15, 0.2) is 48.5 Å². The maximum Gasteiger partial charge on any atom is 0.366 e. The third-order valence-electron chi connectivity index (χ3n) is 3.12. The Bertz CT molecular complexity index is 703. The number of nitrogens with one attached hydrogen (secondary N) is 1. The van der Waals surface area contributed by atoms with Crippen molar-refractivity contribution in [3.63, 3.8) is 0 Å².